The molecule has 0 saturated heterocycles. The Balaban J connectivity index is 2.92. The molecule has 1 aromatic heterocycles. The van der Waals surface area contributed by atoms with Gasteiger partial charge in [-0.05, 0) is 6.08 Å². The summed E-state index contributed by atoms with van der Waals surface area (Å²) in [4.78, 5) is 0. The van der Waals surface area contributed by atoms with E-state index >= 15 is 0 Å². The Kier molecular flexibility index (Phi) is 2.38. The van der Waals surface area contributed by atoms with Crippen LogP contribution in [0.15, 0.2) is 31.5 Å². The van der Waals surface area contributed by atoms with Gasteiger partial charge in [0.05, 0.1) is 11.9 Å². The molecule has 0 N–H and O–H groups in total. The van der Waals surface area contributed by atoms with Crippen molar-refractivity contribution in [2.45, 2.75) is 0 Å². The van der Waals surface area contributed by atoms with Gasteiger partial charge in [0.1, 0.15) is 0 Å². The maximum atomic E-state index is 3.75. The molecule has 0 aliphatic heterocycles. The van der Waals surface area contributed by atoms with Gasteiger partial charge in [0.25, 0.3) is 0 Å². The molecule has 0 spiro atoms. The van der Waals surface area contributed by atoms with Crippen molar-refractivity contribution in [2.24, 2.45) is 0 Å². The van der Waals surface area contributed by atoms with Gasteiger partial charge in [0, 0.05) is 6.20 Å². The molecule has 0 unspecified atom stereocenters. The molecule has 0 saturated carbocycles. The minimum atomic E-state index is 0.889. The highest BCUT2D eigenvalue weighted by molar-refractivity contribution is 5.47. The predicted octanol–water partition coefficient (Wildman–Crippen LogP) is 1.58. The van der Waals surface area contributed by atoms with Crippen molar-refractivity contribution in [3.63, 3.8) is 0 Å². The summed E-state index contributed by atoms with van der Waals surface area (Å²) in [5.41, 5.74) is 0.889. The monoisotopic (exact) mass is 147 g/mol. The zero-order valence-electron chi connectivity index (χ0n) is 6.14. The number of aromatic nitrogens is 3. The van der Waals surface area contributed by atoms with Crippen LogP contribution < -0.4 is 0 Å². The molecular weight excluding hydrogens is 138 g/mol. The van der Waals surface area contributed by atoms with E-state index in [1.54, 1.807) is 23.2 Å². The second kappa shape index (κ2) is 3.51. The van der Waals surface area contributed by atoms with E-state index in [-0.39, 0.29) is 0 Å². The summed E-state index contributed by atoms with van der Waals surface area (Å²) in [6, 6.07) is 0. The van der Waals surface area contributed by atoms with Gasteiger partial charge in [-0.25, -0.2) is 4.68 Å². The molecular formula is C8H9N3. The molecule has 3 heteroatoms. The Morgan fingerprint density at radius 2 is 2.27 bits per heavy atom. The molecule has 0 bridgehead atoms. The molecule has 0 radical (unpaired) electrons. The van der Waals surface area contributed by atoms with Gasteiger partial charge >= 0.3 is 0 Å². The van der Waals surface area contributed by atoms with E-state index in [9.17, 15) is 0 Å². The third kappa shape index (κ3) is 1.64. The highest BCUT2D eigenvalue weighted by atomic mass is 15.4. The van der Waals surface area contributed by atoms with Crippen molar-refractivity contribution < 1.29 is 0 Å². The average molecular weight is 147 g/mol. The van der Waals surface area contributed by atoms with Crippen LogP contribution in [0.3, 0.4) is 0 Å². The summed E-state index contributed by atoms with van der Waals surface area (Å²) < 4.78 is 1.58. The van der Waals surface area contributed by atoms with Gasteiger partial charge in [-0.3, -0.25) is 0 Å². The number of hydrogen-bond acceptors (Lipinski definition) is 2. The van der Waals surface area contributed by atoms with Crippen molar-refractivity contribution in [1.29, 1.82) is 0 Å². The summed E-state index contributed by atoms with van der Waals surface area (Å²) in [6.45, 7) is 7.13. The van der Waals surface area contributed by atoms with Crippen LogP contribution in [0, 0.1) is 0 Å². The lowest BCUT2D eigenvalue weighted by Crippen LogP contribution is -1.90. The summed E-state index contributed by atoms with van der Waals surface area (Å²) in [5.74, 6) is 0. The van der Waals surface area contributed by atoms with E-state index in [2.05, 4.69) is 23.5 Å². The van der Waals surface area contributed by atoms with Crippen LogP contribution >= 0.6 is 0 Å². The maximum Gasteiger partial charge on any atom is 0.0864 e. The number of allylic oxidation sites excluding steroid dienone is 2. The minimum absolute atomic E-state index is 0.889. The molecule has 56 valence electrons. The van der Waals surface area contributed by atoms with E-state index < -0.39 is 0 Å². The SMILES string of the molecule is C=C/C=C\c1cnnn1C=C. The number of hydrogen-bond donors (Lipinski definition) is 0. The molecule has 0 aromatic carbocycles. The second-order valence-electron chi connectivity index (χ2n) is 1.88. The fraction of sp³-hybridized carbons (Fsp3) is 0. The summed E-state index contributed by atoms with van der Waals surface area (Å²) >= 11 is 0. The first kappa shape index (κ1) is 7.47. The van der Waals surface area contributed by atoms with Crippen molar-refractivity contribution >= 4 is 12.3 Å². The summed E-state index contributed by atoms with van der Waals surface area (Å²) in [7, 11) is 0. The summed E-state index contributed by atoms with van der Waals surface area (Å²) in [5, 5.41) is 7.45. The topological polar surface area (TPSA) is 30.7 Å². The van der Waals surface area contributed by atoms with Gasteiger partial charge < -0.3 is 0 Å². The zero-order chi connectivity index (χ0) is 8.10. The molecule has 0 aliphatic rings. The van der Waals surface area contributed by atoms with Gasteiger partial charge in [-0.2, -0.15) is 0 Å². The third-order valence-corrected chi connectivity index (χ3v) is 1.18. The molecule has 0 amide bonds. The molecule has 3 nitrogen and oxygen atoms in total. The first-order valence-electron chi connectivity index (χ1n) is 3.20. The van der Waals surface area contributed by atoms with Crippen molar-refractivity contribution in [3.8, 4) is 0 Å². The normalized spacial score (nSPS) is 10.2. The Labute approximate surface area is 65.3 Å². The van der Waals surface area contributed by atoms with Crippen molar-refractivity contribution in [3.05, 3.63) is 37.2 Å². The van der Waals surface area contributed by atoms with Crippen LogP contribution in [0.25, 0.3) is 12.3 Å². The molecule has 0 aliphatic carbocycles. The van der Waals surface area contributed by atoms with E-state index in [0.717, 1.165) is 5.69 Å². The largest absolute Gasteiger partial charge is 0.221 e. The zero-order valence-corrected chi connectivity index (χ0v) is 6.14. The Bertz CT molecular complexity index is 283. The Hall–Kier alpha value is -1.64. The minimum Gasteiger partial charge on any atom is -0.221 e. The molecule has 1 rings (SSSR count). The fourth-order valence-corrected chi connectivity index (χ4v) is 0.679. The number of rotatable bonds is 3. The fourth-order valence-electron chi connectivity index (χ4n) is 0.679. The first-order chi connectivity index (χ1) is 5.38. The standard InChI is InChI=1S/C8H9N3/c1-3-5-6-8-7-9-10-11(8)4-2/h3-7H,1-2H2/b6-5-. The third-order valence-electron chi connectivity index (χ3n) is 1.18. The molecule has 1 aromatic rings. The van der Waals surface area contributed by atoms with Crippen LogP contribution in [0.4, 0.5) is 0 Å². The predicted molar refractivity (Wildman–Crippen MR) is 45.6 cm³/mol. The molecule has 1 heterocycles. The van der Waals surface area contributed by atoms with Crippen LogP contribution in [0.2, 0.25) is 0 Å². The van der Waals surface area contributed by atoms with Crippen molar-refractivity contribution in [1.82, 2.24) is 15.0 Å². The highest BCUT2D eigenvalue weighted by Gasteiger charge is 1.92. The Morgan fingerprint density at radius 1 is 1.45 bits per heavy atom. The van der Waals surface area contributed by atoms with E-state index in [1.165, 1.54) is 0 Å². The molecule has 11 heavy (non-hydrogen) atoms. The van der Waals surface area contributed by atoms with Gasteiger partial charge in [-0.15, -0.1) is 5.10 Å². The van der Waals surface area contributed by atoms with Crippen LogP contribution in [-0.2, 0) is 0 Å². The smallest absolute Gasteiger partial charge is 0.0864 e. The van der Waals surface area contributed by atoms with Gasteiger partial charge in [0.2, 0.25) is 0 Å². The average Bonchev–Trinajstić information content (AvgIpc) is 2.47. The van der Waals surface area contributed by atoms with E-state index in [1.807, 2.05) is 12.2 Å². The lowest BCUT2D eigenvalue weighted by Gasteiger charge is -1.90. The quantitative estimate of drug-likeness (QED) is 0.607. The number of nitrogens with zero attached hydrogens (tertiary/aromatic N) is 3. The van der Waals surface area contributed by atoms with Crippen molar-refractivity contribution in [2.75, 3.05) is 0 Å². The van der Waals surface area contributed by atoms with Gasteiger partial charge in [0.15, 0.2) is 0 Å². The van der Waals surface area contributed by atoms with Gasteiger partial charge in [-0.1, -0.05) is 30.5 Å². The van der Waals surface area contributed by atoms with Crippen LogP contribution in [0.1, 0.15) is 5.69 Å². The molecule has 0 atom stereocenters. The van der Waals surface area contributed by atoms with E-state index in [0.29, 0.717) is 0 Å². The lowest BCUT2D eigenvalue weighted by atomic mass is 10.4. The van der Waals surface area contributed by atoms with Crippen LogP contribution in [0.5, 0.6) is 0 Å². The van der Waals surface area contributed by atoms with Crippen LogP contribution in [-0.4, -0.2) is 15.0 Å². The molecule has 0 fully saturated rings. The Morgan fingerprint density at radius 3 is 2.91 bits per heavy atom. The summed E-state index contributed by atoms with van der Waals surface area (Å²) in [6.07, 6.45) is 8.62. The highest BCUT2D eigenvalue weighted by Crippen LogP contribution is 1.98. The second-order valence-corrected chi connectivity index (χ2v) is 1.88. The lowest BCUT2D eigenvalue weighted by molar-refractivity contribution is 0.837. The van der Waals surface area contributed by atoms with E-state index in [4.69, 9.17) is 0 Å². The maximum absolute atomic E-state index is 3.75. The first-order valence-corrected chi connectivity index (χ1v) is 3.20.